The van der Waals surface area contributed by atoms with Crippen LogP contribution in [-0.4, -0.2) is 70.2 Å². The molecule has 238 valence electrons. The highest BCUT2D eigenvalue weighted by Crippen LogP contribution is 2.38. The molecule has 0 amide bonds. The molecule has 2 fully saturated rings. The number of rotatable bonds is 6. The van der Waals surface area contributed by atoms with Gasteiger partial charge in [0.15, 0.2) is 0 Å². The van der Waals surface area contributed by atoms with Crippen LogP contribution in [-0.2, 0) is 26.1 Å². The zero-order valence-corrected chi connectivity index (χ0v) is 27.0. The number of benzene rings is 1. The van der Waals surface area contributed by atoms with Crippen LogP contribution in [0.4, 0.5) is 11.8 Å². The third-order valence-electron chi connectivity index (χ3n) is 8.09. The van der Waals surface area contributed by atoms with Crippen molar-refractivity contribution in [3.63, 3.8) is 0 Å². The molecule has 4 atom stereocenters. The zero-order chi connectivity index (χ0) is 32.1. The number of nitrogens with two attached hydrogens (primary N) is 2. The molecule has 4 N–H and O–H groups in total. The SMILES string of the molecule is COc1ccc(-c2cc3c(N4CCC(C(=O)OC(C)(C)C)C4N)nc(N4CCC(C(=O)OC(C)(C)C)C4N)nc3n2C)cc1. The Bertz CT molecular complexity index is 1540. The molecule has 4 unspecified atom stereocenters. The minimum atomic E-state index is -0.668. The summed E-state index contributed by atoms with van der Waals surface area (Å²) in [5.74, 6) is 0.0502. The van der Waals surface area contributed by atoms with Gasteiger partial charge in [0.2, 0.25) is 5.95 Å². The molecule has 5 rings (SSSR count). The number of carbonyl (C=O) groups excluding carboxylic acids is 2. The largest absolute Gasteiger partial charge is 0.497 e. The molecule has 3 aromatic rings. The van der Waals surface area contributed by atoms with Crippen molar-refractivity contribution in [2.75, 3.05) is 30.0 Å². The quantitative estimate of drug-likeness (QED) is 0.396. The number of anilines is 2. The third-order valence-corrected chi connectivity index (χ3v) is 8.09. The lowest BCUT2D eigenvalue weighted by molar-refractivity contribution is -0.161. The van der Waals surface area contributed by atoms with Crippen LogP contribution in [0.15, 0.2) is 30.3 Å². The van der Waals surface area contributed by atoms with Crippen LogP contribution >= 0.6 is 0 Å². The third kappa shape index (κ3) is 6.18. The maximum atomic E-state index is 13.1. The van der Waals surface area contributed by atoms with E-state index >= 15 is 0 Å². The van der Waals surface area contributed by atoms with Crippen molar-refractivity contribution in [1.29, 1.82) is 0 Å². The van der Waals surface area contributed by atoms with Crippen molar-refractivity contribution in [3.8, 4) is 17.0 Å². The minimum absolute atomic E-state index is 0.327. The van der Waals surface area contributed by atoms with E-state index in [0.29, 0.717) is 43.3 Å². The van der Waals surface area contributed by atoms with Gasteiger partial charge in [-0.25, -0.2) is 0 Å². The number of hydrogen-bond donors (Lipinski definition) is 2. The first kappa shape index (κ1) is 31.5. The van der Waals surface area contributed by atoms with Gasteiger partial charge in [0.05, 0.1) is 42.4 Å². The predicted octanol–water partition coefficient (Wildman–Crippen LogP) is 3.55. The van der Waals surface area contributed by atoms with Gasteiger partial charge >= 0.3 is 11.9 Å². The number of methoxy groups -OCH3 is 1. The zero-order valence-electron chi connectivity index (χ0n) is 27.0. The fourth-order valence-corrected chi connectivity index (χ4v) is 5.93. The number of fused-ring (bicyclic) bond motifs is 1. The maximum absolute atomic E-state index is 13.1. The summed E-state index contributed by atoms with van der Waals surface area (Å²) in [6.45, 7) is 12.0. The van der Waals surface area contributed by atoms with E-state index in [1.54, 1.807) is 7.11 Å². The van der Waals surface area contributed by atoms with E-state index < -0.39 is 35.4 Å². The van der Waals surface area contributed by atoms with Crippen LogP contribution in [0.3, 0.4) is 0 Å². The maximum Gasteiger partial charge on any atom is 0.313 e. The van der Waals surface area contributed by atoms with Gasteiger partial charge in [0.25, 0.3) is 0 Å². The molecule has 0 radical (unpaired) electrons. The fourth-order valence-electron chi connectivity index (χ4n) is 5.93. The Hall–Kier alpha value is -3.90. The van der Waals surface area contributed by atoms with Crippen molar-refractivity contribution in [2.24, 2.45) is 30.4 Å². The van der Waals surface area contributed by atoms with Gasteiger partial charge in [0, 0.05) is 20.1 Å². The highest BCUT2D eigenvalue weighted by atomic mass is 16.6. The molecular formula is C32H45N7O5. The molecule has 12 nitrogen and oxygen atoms in total. The number of ether oxygens (including phenoxy) is 3. The number of carbonyl (C=O) groups is 2. The Morgan fingerprint density at radius 3 is 1.89 bits per heavy atom. The molecular weight excluding hydrogens is 562 g/mol. The van der Waals surface area contributed by atoms with Crippen LogP contribution in [0.1, 0.15) is 54.4 Å². The van der Waals surface area contributed by atoms with Gasteiger partial charge in [-0.3, -0.25) is 9.59 Å². The molecule has 0 bridgehead atoms. The first-order chi connectivity index (χ1) is 20.6. The number of nitrogens with zero attached hydrogens (tertiary/aromatic N) is 5. The summed E-state index contributed by atoms with van der Waals surface area (Å²) in [5, 5.41) is 0.791. The standard InChI is InChI=1S/C32H45N7O5/c1-31(2,3)43-28(40)20-13-15-38(24(20)33)27-22-17-23(18-9-11-19(42-8)12-10-18)37(7)26(22)35-30(36-27)39-16-14-21(25(39)34)29(41)44-32(4,5)6/h9-12,17,20-21,24-25H,13-16,33-34H2,1-8H3. The van der Waals surface area contributed by atoms with Crippen LogP contribution in [0.2, 0.25) is 0 Å². The molecule has 2 saturated heterocycles. The topological polar surface area (TPSA) is 151 Å². The lowest BCUT2D eigenvalue weighted by atomic mass is 10.1. The molecule has 2 aromatic heterocycles. The first-order valence-electron chi connectivity index (χ1n) is 15.1. The fraction of sp³-hybridized carbons (Fsp3) is 0.562. The number of aromatic nitrogens is 3. The Kier molecular flexibility index (Phi) is 8.27. The smallest absolute Gasteiger partial charge is 0.313 e. The Morgan fingerprint density at radius 2 is 1.36 bits per heavy atom. The molecule has 0 spiro atoms. The van der Waals surface area contributed by atoms with Gasteiger partial charge in [-0.15, -0.1) is 0 Å². The Balaban J connectivity index is 1.57. The number of aryl methyl sites for hydroxylation is 1. The molecule has 12 heteroatoms. The summed E-state index contributed by atoms with van der Waals surface area (Å²) >= 11 is 0. The van der Waals surface area contributed by atoms with E-state index in [1.807, 2.05) is 93.3 Å². The minimum Gasteiger partial charge on any atom is -0.497 e. The molecule has 1 aromatic carbocycles. The highest BCUT2D eigenvalue weighted by Gasteiger charge is 2.43. The summed E-state index contributed by atoms with van der Waals surface area (Å²) in [7, 11) is 3.58. The lowest BCUT2D eigenvalue weighted by Crippen LogP contribution is -2.46. The second kappa shape index (κ2) is 11.6. The first-order valence-corrected chi connectivity index (χ1v) is 15.1. The molecule has 2 aliphatic heterocycles. The summed E-state index contributed by atoms with van der Waals surface area (Å²) in [6, 6.07) is 9.84. The second-order valence-electron chi connectivity index (χ2n) is 13.6. The van der Waals surface area contributed by atoms with Crippen molar-refractivity contribution in [2.45, 2.75) is 77.9 Å². The van der Waals surface area contributed by atoms with Crippen molar-refractivity contribution in [3.05, 3.63) is 30.3 Å². The highest BCUT2D eigenvalue weighted by molar-refractivity contribution is 5.94. The van der Waals surface area contributed by atoms with Gasteiger partial charge in [-0.1, -0.05) is 0 Å². The van der Waals surface area contributed by atoms with E-state index in [0.717, 1.165) is 22.4 Å². The summed E-state index contributed by atoms with van der Waals surface area (Å²) in [4.78, 5) is 39.9. The monoisotopic (exact) mass is 607 g/mol. The van der Waals surface area contributed by atoms with E-state index in [-0.39, 0.29) is 11.9 Å². The predicted molar refractivity (Wildman–Crippen MR) is 169 cm³/mol. The Labute approximate surface area is 258 Å². The average Bonchev–Trinajstić information content (AvgIpc) is 3.61. The van der Waals surface area contributed by atoms with Crippen LogP contribution in [0, 0.1) is 11.8 Å². The average molecular weight is 608 g/mol. The van der Waals surface area contributed by atoms with Crippen LogP contribution < -0.4 is 26.0 Å². The van der Waals surface area contributed by atoms with Crippen molar-refractivity contribution in [1.82, 2.24) is 14.5 Å². The van der Waals surface area contributed by atoms with E-state index in [2.05, 4.69) is 0 Å². The van der Waals surface area contributed by atoms with Gasteiger partial charge in [-0.05, 0) is 90.3 Å². The van der Waals surface area contributed by atoms with Crippen molar-refractivity contribution >= 4 is 34.7 Å². The summed E-state index contributed by atoms with van der Waals surface area (Å²) in [6.07, 6.45) is -0.277. The second-order valence-corrected chi connectivity index (χ2v) is 13.6. The number of esters is 2. The Morgan fingerprint density at radius 1 is 0.841 bits per heavy atom. The van der Waals surface area contributed by atoms with Gasteiger partial charge in [0.1, 0.15) is 28.4 Å². The summed E-state index contributed by atoms with van der Waals surface area (Å²) < 4.78 is 18.7. The van der Waals surface area contributed by atoms with Gasteiger partial charge < -0.3 is 40.0 Å². The molecule has 0 aliphatic carbocycles. The molecule has 44 heavy (non-hydrogen) atoms. The molecule has 0 saturated carbocycles. The van der Waals surface area contributed by atoms with Gasteiger partial charge in [-0.2, -0.15) is 9.97 Å². The van der Waals surface area contributed by atoms with E-state index in [9.17, 15) is 9.59 Å². The molecule has 4 heterocycles. The normalized spacial score (nSPS) is 22.5. The summed E-state index contributed by atoms with van der Waals surface area (Å²) in [5.41, 5.74) is 14.7. The number of hydrogen-bond acceptors (Lipinski definition) is 11. The van der Waals surface area contributed by atoms with E-state index in [4.69, 9.17) is 35.6 Å². The van der Waals surface area contributed by atoms with Crippen molar-refractivity contribution < 1.29 is 23.8 Å². The van der Waals surface area contributed by atoms with E-state index in [1.165, 1.54) is 0 Å². The molecule has 2 aliphatic rings. The van der Waals surface area contributed by atoms with Crippen LogP contribution in [0.25, 0.3) is 22.3 Å². The lowest BCUT2D eigenvalue weighted by Gasteiger charge is -2.29. The van der Waals surface area contributed by atoms with Crippen LogP contribution in [0.5, 0.6) is 5.75 Å².